The molecule has 0 aliphatic carbocycles. The molecule has 0 bridgehead atoms. The van der Waals surface area contributed by atoms with Gasteiger partial charge in [-0.2, -0.15) is 0 Å². The molecule has 11 nitrogen and oxygen atoms in total. The van der Waals surface area contributed by atoms with E-state index in [-0.39, 0.29) is 5.69 Å². The molecule has 2 aromatic carbocycles. The van der Waals surface area contributed by atoms with E-state index < -0.39 is 10.8 Å². The van der Waals surface area contributed by atoms with Crippen LogP contribution in [0.25, 0.3) is 0 Å². The number of hydrogen-bond donors (Lipinski definition) is 2. The number of nitrogens with one attached hydrogen (secondary N) is 2. The van der Waals surface area contributed by atoms with Crippen LogP contribution in [-0.2, 0) is 22.6 Å². The van der Waals surface area contributed by atoms with Crippen molar-refractivity contribution in [1.82, 2.24) is 20.4 Å². The second-order valence-corrected chi connectivity index (χ2v) is 9.87. The summed E-state index contributed by atoms with van der Waals surface area (Å²) < 4.78 is 10.9. The lowest BCUT2D eigenvalue weighted by Crippen LogP contribution is -2.39. The van der Waals surface area contributed by atoms with E-state index in [9.17, 15) is 19.7 Å². The van der Waals surface area contributed by atoms with E-state index in [1.165, 1.54) is 23.3 Å². The summed E-state index contributed by atoms with van der Waals surface area (Å²) in [7, 11) is 3.27. The van der Waals surface area contributed by atoms with Crippen molar-refractivity contribution in [3.63, 3.8) is 0 Å². The standard InChI is InChI=1S/C29H35N5O6/c1-19-28(30-17-35)27(21-6-8-24(9-7-21)34(37)38)29(20(2)31-19)33(18-36)12-5-11-32-13-10-22-14-25(39-3)26(40-4)15-23(22)16-32/h6-9,14-15,17-18,27,31H,5,10-13,16H2,1-4H3,(H,30,35). The van der Waals surface area contributed by atoms with Crippen LogP contribution in [0.3, 0.4) is 0 Å². The molecule has 4 rings (SSSR count). The zero-order valence-corrected chi connectivity index (χ0v) is 23.2. The van der Waals surface area contributed by atoms with Crippen LogP contribution in [0.2, 0.25) is 0 Å². The number of nitro groups is 1. The van der Waals surface area contributed by atoms with Crippen molar-refractivity contribution in [3.05, 3.63) is 86.0 Å². The van der Waals surface area contributed by atoms with Gasteiger partial charge in [0.1, 0.15) is 0 Å². The molecule has 0 saturated heterocycles. The molecule has 1 atom stereocenters. The zero-order chi connectivity index (χ0) is 28.8. The molecule has 2 amide bonds. The minimum Gasteiger partial charge on any atom is -0.493 e. The Balaban J connectivity index is 1.51. The monoisotopic (exact) mass is 549 g/mol. The Morgan fingerprint density at radius 3 is 2.38 bits per heavy atom. The lowest BCUT2D eigenvalue weighted by Gasteiger charge is -2.37. The summed E-state index contributed by atoms with van der Waals surface area (Å²) in [5.74, 6) is 0.959. The van der Waals surface area contributed by atoms with Gasteiger partial charge in [0.2, 0.25) is 12.8 Å². The molecule has 212 valence electrons. The van der Waals surface area contributed by atoms with Crippen LogP contribution in [0.15, 0.2) is 59.2 Å². The van der Waals surface area contributed by atoms with Crippen molar-refractivity contribution in [3.8, 4) is 11.5 Å². The summed E-state index contributed by atoms with van der Waals surface area (Å²) >= 11 is 0. The number of methoxy groups -OCH3 is 2. The van der Waals surface area contributed by atoms with Crippen LogP contribution in [0, 0.1) is 10.1 Å². The fourth-order valence-electron chi connectivity index (χ4n) is 5.56. The normalized spacial score (nSPS) is 17.1. The van der Waals surface area contributed by atoms with Crippen molar-refractivity contribution in [2.24, 2.45) is 0 Å². The Kier molecular flexibility index (Phi) is 9.05. The van der Waals surface area contributed by atoms with Gasteiger partial charge in [-0.15, -0.1) is 0 Å². The van der Waals surface area contributed by atoms with Gasteiger partial charge in [-0.05, 0) is 55.5 Å². The van der Waals surface area contributed by atoms with E-state index in [0.29, 0.717) is 30.1 Å². The molecule has 2 aromatic rings. The Bertz CT molecular complexity index is 1340. The van der Waals surface area contributed by atoms with E-state index in [0.717, 1.165) is 61.6 Å². The van der Waals surface area contributed by atoms with Gasteiger partial charge in [-0.3, -0.25) is 24.6 Å². The molecule has 0 spiro atoms. The van der Waals surface area contributed by atoms with Crippen molar-refractivity contribution in [1.29, 1.82) is 0 Å². The highest BCUT2D eigenvalue weighted by Gasteiger charge is 2.33. The summed E-state index contributed by atoms with van der Waals surface area (Å²) in [6.07, 6.45) is 3.03. The van der Waals surface area contributed by atoms with Gasteiger partial charge >= 0.3 is 0 Å². The first-order chi connectivity index (χ1) is 19.3. The number of amides is 2. The number of ether oxygens (including phenoxy) is 2. The fourth-order valence-corrected chi connectivity index (χ4v) is 5.56. The van der Waals surface area contributed by atoms with Crippen LogP contribution in [0.4, 0.5) is 5.69 Å². The number of benzene rings is 2. The van der Waals surface area contributed by atoms with Crippen LogP contribution in [0.5, 0.6) is 11.5 Å². The molecule has 40 heavy (non-hydrogen) atoms. The van der Waals surface area contributed by atoms with Gasteiger partial charge in [0.05, 0.1) is 36.5 Å². The Hall–Kier alpha value is -4.38. The second kappa shape index (κ2) is 12.6. The third kappa shape index (κ3) is 5.94. The van der Waals surface area contributed by atoms with E-state index in [1.807, 2.05) is 26.0 Å². The number of dihydropyridines is 1. The predicted octanol–water partition coefficient (Wildman–Crippen LogP) is 3.41. The lowest BCUT2D eigenvalue weighted by molar-refractivity contribution is -0.384. The Morgan fingerprint density at radius 1 is 1.10 bits per heavy atom. The third-order valence-corrected chi connectivity index (χ3v) is 7.48. The van der Waals surface area contributed by atoms with Crippen LogP contribution in [-0.4, -0.2) is 61.4 Å². The van der Waals surface area contributed by atoms with Gasteiger partial charge in [-0.1, -0.05) is 12.1 Å². The number of rotatable bonds is 12. The van der Waals surface area contributed by atoms with E-state index in [1.54, 1.807) is 31.3 Å². The van der Waals surface area contributed by atoms with E-state index >= 15 is 0 Å². The van der Waals surface area contributed by atoms with Gasteiger partial charge < -0.3 is 25.0 Å². The average molecular weight is 550 g/mol. The maximum Gasteiger partial charge on any atom is 0.269 e. The van der Waals surface area contributed by atoms with Gasteiger partial charge in [0.25, 0.3) is 5.69 Å². The van der Waals surface area contributed by atoms with Crippen LogP contribution < -0.4 is 20.1 Å². The van der Waals surface area contributed by atoms with E-state index in [4.69, 9.17) is 9.47 Å². The number of carbonyl (C=O) groups excluding carboxylic acids is 2. The summed E-state index contributed by atoms with van der Waals surface area (Å²) in [5, 5.41) is 17.3. The van der Waals surface area contributed by atoms with Gasteiger partial charge in [0, 0.05) is 49.7 Å². The number of nitro benzene ring substituents is 1. The van der Waals surface area contributed by atoms with Gasteiger partial charge in [-0.25, -0.2) is 0 Å². The number of nitrogens with zero attached hydrogens (tertiary/aromatic N) is 3. The Morgan fingerprint density at radius 2 is 1.77 bits per heavy atom. The SMILES string of the molecule is COc1cc2c(cc1OC)CN(CCCN(C=O)C1=C(C)NC(C)=C(NC=O)C1c1ccc([N+](=O)[O-])cc1)CC2. The van der Waals surface area contributed by atoms with Crippen LogP contribution in [0.1, 0.15) is 42.9 Å². The second-order valence-electron chi connectivity index (χ2n) is 9.87. The topological polar surface area (TPSA) is 126 Å². The molecule has 1 unspecified atom stereocenters. The molecule has 0 saturated carbocycles. The lowest BCUT2D eigenvalue weighted by atomic mass is 9.87. The van der Waals surface area contributed by atoms with Crippen LogP contribution >= 0.6 is 0 Å². The summed E-state index contributed by atoms with van der Waals surface area (Å²) in [4.78, 5) is 38.7. The molecule has 0 radical (unpaired) electrons. The molecule has 2 aliphatic rings. The first-order valence-corrected chi connectivity index (χ1v) is 13.1. The largest absolute Gasteiger partial charge is 0.493 e. The molecule has 11 heteroatoms. The Labute approximate surface area is 233 Å². The molecule has 0 fully saturated rings. The number of hydrogen-bond acceptors (Lipinski definition) is 8. The highest BCUT2D eigenvalue weighted by atomic mass is 16.6. The molecule has 2 heterocycles. The van der Waals surface area contributed by atoms with Crippen molar-refractivity contribution in [2.75, 3.05) is 33.9 Å². The summed E-state index contributed by atoms with van der Waals surface area (Å²) in [5.41, 5.74) is 5.95. The quantitative estimate of drug-likeness (QED) is 0.234. The molecule has 2 aliphatic heterocycles. The van der Waals surface area contributed by atoms with Gasteiger partial charge in [0.15, 0.2) is 11.5 Å². The van der Waals surface area contributed by atoms with Crippen molar-refractivity contribution >= 4 is 18.5 Å². The predicted molar refractivity (Wildman–Crippen MR) is 149 cm³/mol. The molecular formula is C29H35N5O6. The number of allylic oxidation sites excluding steroid dienone is 2. The van der Waals surface area contributed by atoms with Crippen molar-refractivity contribution < 1.29 is 24.0 Å². The highest BCUT2D eigenvalue weighted by Crippen LogP contribution is 2.39. The van der Waals surface area contributed by atoms with E-state index in [2.05, 4.69) is 15.5 Å². The number of carbonyl (C=O) groups is 2. The number of non-ortho nitro benzene ring substituents is 1. The van der Waals surface area contributed by atoms with Crippen molar-refractivity contribution in [2.45, 2.75) is 39.2 Å². The maximum absolute atomic E-state index is 12.4. The summed E-state index contributed by atoms with van der Waals surface area (Å²) in [6, 6.07) is 10.3. The minimum atomic E-state index is -0.484. The number of fused-ring (bicyclic) bond motifs is 1. The fraction of sp³-hybridized carbons (Fsp3) is 0.379. The molecule has 0 aromatic heterocycles. The highest BCUT2D eigenvalue weighted by molar-refractivity contribution is 5.60. The summed E-state index contributed by atoms with van der Waals surface area (Å²) in [6.45, 7) is 6.65. The molecule has 2 N–H and O–H groups in total. The average Bonchev–Trinajstić information content (AvgIpc) is 2.96. The minimum absolute atomic E-state index is 0.0306. The smallest absolute Gasteiger partial charge is 0.269 e. The maximum atomic E-state index is 12.4. The first kappa shape index (κ1) is 28.6. The third-order valence-electron chi connectivity index (χ3n) is 7.48. The first-order valence-electron chi connectivity index (χ1n) is 13.1. The zero-order valence-electron chi connectivity index (χ0n) is 23.2. The molecular weight excluding hydrogens is 514 g/mol.